The molecule has 0 aliphatic heterocycles. The summed E-state index contributed by atoms with van der Waals surface area (Å²) in [6.07, 6.45) is 0. The topological polar surface area (TPSA) is 26.5 Å². The fraction of sp³-hybridized carbons (Fsp3) is 0.250. The van der Waals surface area contributed by atoms with Gasteiger partial charge in [-0.1, -0.05) is 12.1 Å². The van der Waals surface area contributed by atoms with Crippen LogP contribution in [0.3, 0.4) is 0 Å². The maximum Gasteiger partial charge on any atom is 0.190 e. The van der Waals surface area contributed by atoms with Crippen LogP contribution in [0.5, 0.6) is 5.75 Å². The Hall–Kier alpha value is -2.33. The number of rotatable bonds is 4. The summed E-state index contributed by atoms with van der Waals surface area (Å²) in [6, 6.07) is 14.4. The molecule has 0 bridgehead atoms. The van der Waals surface area contributed by atoms with Crippen molar-refractivity contribution in [2.45, 2.75) is 27.3 Å². The predicted octanol–water partition coefficient (Wildman–Crippen LogP) is 5.09. The number of thiazole rings is 1. The van der Waals surface area contributed by atoms with Crippen LogP contribution in [0.4, 0.5) is 5.69 Å². The van der Waals surface area contributed by atoms with Gasteiger partial charge in [-0.25, -0.2) is 4.99 Å². The van der Waals surface area contributed by atoms with Crippen LogP contribution in [-0.2, 0) is 6.54 Å². The van der Waals surface area contributed by atoms with E-state index in [9.17, 15) is 0 Å². The van der Waals surface area contributed by atoms with Gasteiger partial charge in [0.1, 0.15) is 5.75 Å². The van der Waals surface area contributed by atoms with E-state index < -0.39 is 0 Å². The number of methoxy groups -OCH3 is 1. The lowest BCUT2D eigenvalue weighted by atomic mass is 10.1. The molecular formula is C20H22N2OS. The van der Waals surface area contributed by atoms with E-state index in [4.69, 9.17) is 9.73 Å². The standard InChI is InChI=1S/C20H22N2OS/c1-5-22-19(16-9-11-17(23-4)12-10-16)13-24-20(22)21-18-8-6-7-14(2)15(18)3/h6-13H,5H2,1-4H3. The number of aromatic nitrogens is 1. The van der Waals surface area contributed by atoms with E-state index in [0.717, 1.165) is 22.8 Å². The summed E-state index contributed by atoms with van der Waals surface area (Å²) in [5.74, 6) is 0.873. The molecule has 0 spiro atoms. The van der Waals surface area contributed by atoms with Gasteiger partial charge in [-0.05, 0) is 67.8 Å². The van der Waals surface area contributed by atoms with Crippen molar-refractivity contribution in [3.63, 3.8) is 0 Å². The van der Waals surface area contributed by atoms with Gasteiger partial charge in [0.15, 0.2) is 4.80 Å². The molecule has 3 rings (SSSR count). The molecule has 1 aromatic heterocycles. The van der Waals surface area contributed by atoms with Gasteiger partial charge in [0, 0.05) is 11.9 Å². The molecule has 0 aliphatic rings. The van der Waals surface area contributed by atoms with Crippen LogP contribution >= 0.6 is 11.3 Å². The van der Waals surface area contributed by atoms with E-state index in [1.165, 1.54) is 22.4 Å². The molecule has 124 valence electrons. The lowest BCUT2D eigenvalue weighted by molar-refractivity contribution is 0.415. The summed E-state index contributed by atoms with van der Waals surface area (Å²) >= 11 is 1.68. The second-order valence-electron chi connectivity index (χ2n) is 5.71. The lowest BCUT2D eigenvalue weighted by Gasteiger charge is -2.08. The minimum atomic E-state index is 0.873. The normalized spacial score (nSPS) is 11.8. The Morgan fingerprint density at radius 2 is 1.83 bits per heavy atom. The van der Waals surface area contributed by atoms with E-state index in [0.29, 0.717) is 0 Å². The Balaban J connectivity index is 2.09. The van der Waals surface area contributed by atoms with Gasteiger partial charge in [0.25, 0.3) is 0 Å². The van der Waals surface area contributed by atoms with Crippen molar-refractivity contribution >= 4 is 17.0 Å². The summed E-state index contributed by atoms with van der Waals surface area (Å²) in [6.45, 7) is 7.29. The first kappa shape index (κ1) is 16.5. The molecule has 0 atom stereocenters. The first-order chi connectivity index (χ1) is 11.6. The molecule has 0 radical (unpaired) electrons. The Labute approximate surface area is 146 Å². The molecule has 3 aromatic rings. The second kappa shape index (κ2) is 7.05. The molecule has 0 saturated heterocycles. The van der Waals surface area contributed by atoms with Gasteiger partial charge in [-0.2, -0.15) is 0 Å². The molecule has 0 N–H and O–H groups in total. The second-order valence-corrected chi connectivity index (χ2v) is 6.54. The van der Waals surface area contributed by atoms with Crippen molar-refractivity contribution in [2.24, 2.45) is 4.99 Å². The number of benzene rings is 2. The Morgan fingerprint density at radius 1 is 1.08 bits per heavy atom. The maximum atomic E-state index is 5.25. The van der Waals surface area contributed by atoms with Crippen molar-refractivity contribution in [2.75, 3.05) is 7.11 Å². The summed E-state index contributed by atoms with van der Waals surface area (Å²) < 4.78 is 7.51. The highest BCUT2D eigenvalue weighted by molar-refractivity contribution is 7.07. The summed E-state index contributed by atoms with van der Waals surface area (Å²) in [5.41, 5.74) is 5.91. The largest absolute Gasteiger partial charge is 0.497 e. The quantitative estimate of drug-likeness (QED) is 0.650. The highest BCUT2D eigenvalue weighted by atomic mass is 32.1. The molecule has 24 heavy (non-hydrogen) atoms. The number of aryl methyl sites for hydroxylation is 1. The van der Waals surface area contributed by atoms with Gasteiger partial charge < -0.3 is 9.30 Å². The Kier molecular flexibility index (Phi) is 4.86. The molecule has 4 heteroatoms. The van der Waals surface area contributed by atoms with Crippen LogP contribution in [0.2, 0.25) is 0 Å². The number of hydrogen-bond donors (Lipinski definition) is 0. The first-order valence-electron chi connectivity index (χ1n) is 8.07. The van der Waals surface area contributed by atoms with E-state index >= 15 is 0 Å². The van der Waals surface area contributed by atoms with Crippen molar-refractivity contribution in [3.05, 3.63) is 63.8 Å². The minimum absolute atomic E-state index is 0.873. The smallest absolute Gasteiger partial charge is 0.190 e. The molecule has 0 fully saturated rings. The van der Waals surface area contributed by atoms with E-state index in [1.807, 2.05) is 12.1 Å². The van der Waals surface area contributed by atoms with Gasteiger partial charge in [0.05, 0.1) is 18.5 Å². The van der Waals surface area contributed by atoms with Gasteiger partial charge in [-0.15, -0.1) is 11.3 Å². The Bertz CT molecular complexity index is 904. The maximum absolute atomic E-state index is 5.25. The number of ether oxygens (including phenoxy) is 1. The monoisotopic (exact) mass is 338 g/mol. The van der Waals surface area contributed by atoms with E-state index in [2.05, 4.69) is 61.1 Å². The van der Waals surface area contributed by atoms with E-state index in [-0.39, 0.29) is 0 Å². The summed E-state index contributed by atoms with van der Waals surface area (Å²) in [4.78, 5) is 5.93. The third-order valence-corrected chi connectivity index (χ3v) is 5.16. The zero-order chi connectivity index (χ0) is 17.1. The van der Waals surface area contributed by atoms with Crippen LogP contribution < -0.4 is 9.54 Å². The molecule has 0 aliphatic carbocycles. The first-order valence-corrected chi connectivity index (χ1v) is 8.95. The van der Waals surface area contributed by atoms with Crippen LogP contribution in [0.25, 0.3) is 11.3 Å². The highest BCUT2D eigenvalue weighted by Crippen LogP contribution is 2.24. The number of nitrogens with zero attached hydrogens (tertiary/aromatic N) is 2. The Morgan fingerprint density at radius 3 is 2.50 bits per heavy atom. The molecule has 2 aromatic carbocycles. The third kappa shape index (κ3) is 3.15. The molecule has 0 saturated carbocycles. The van der Waals surface area contributed by atoms with Crippen LogP contribution in [0.1, 0.15) is 18.1 Å². The zero-order valence-corrected chi connectivity index (χ0v) is 15.4. The number of hydrogen-bond acceptors (Lipinski definition) is 3. The van der Waals surface area contributed by atoms with E-state index in [1.54, 1.807) is 18.4 Å². The molecule has 0 unspecified atom stereocenters. The van der Waals surface area contributed by atoms with Crippen LogP contribution in [0, 0.1) is 13.8 Å². The SMILES string of the molecule is CCn1c(-c2ccc(OC)cc2)csc1=Nc1cccc(C)c1C. The highest BCUT2D eigenvalue weighted by Gasteiger charge is 2.08. The van der Waals surface area contributed by atoms with Crippen molar-refractivity contribution < 1.29 is 4.74 Å². The average Bonchev–Trinajstić information content (AvgIpc) is 3.01. The minimum Gasteiger partial charge on any atom is -0.497 e. The molecule has 1 heterocycles. The fourth-order valence-electron chi connectivity index (χ4n) is 2.68. The molecule has 3 nitrogen and oxygen atoms in total. The lowest BCUT2D eigenvalue weighted by Crippen LogP contribution is -2.14. The van der Waals surface area contributed by atoms with Gasteiger partial charge in [0.2, 0.25) is 0 Å². The van der Waals surface area contributed by atoms with Crippen molar-refractivity contribution in [3.8, 4) is 17.0 Å². The zero-order valence-electron chi connectivity index (χ0n) is 14.5. The van der Waals surface area contributed by atoms with Crippen molar-refractivity contribution in [1.29, 1.82) is 0 Å². The molecule has 0 amide bonds. The predicted molar refractivity (Wildman–Crippen MR) is 101 cm³/mol. The summed E-state index contributed by atoms with van der Waals surface area (Å²) in [7, 11) is 1.69. The third-order valence-electron chi connectivity index (χ3n) is 4.29. The van der Waals surface area contributed by atoms with Crippen molar-refractivity contribution in [1.82, 2.24) is 4.57 Å². The van der Waals surface area contributed by atoms with Gasteiger partial charge in [-0.3, -0.25) is 0 Å². The fourth-order valence-corrected chi connectivity index (χ4v) is 3.66. The van der Waals surface area contributed by atoms with Crippen LogP contribution in [0.15, 0.2) is 52.8 Å². The van der Waals surface area contributed by atoms with Gasteiger partial charge >= 0.3 is 0 Å². The summed E-state index contributed by atoms with van der Waals surface area (Å²) in [5, 5.41) is 2.18. The average molecular weight is 338 g/mol. The molecular weight excluding hydrogens is 316 g/mol. The van der Waals surface area contributed by atoms with Crippen LogP contribution in [-0.4, -0.2) is 11.7 Å².